The number of hydrogen-bond acceptors (Lipinski definition) is 2. The van der Waals surface area contributed by atoms with Crippen LogP contribution in [-0.2, 0) is 11.2 Å². The molecule has 0 saturated heterocycles. The van der Waals surface area contributed by atoms with Crippen LogP contribution in [0.25, 0.3) is 0 Å². The van der Waals surface area contributed by atoms with E-state index in [2.05, 4.69) is 20.4 Å². The molecule has 2 N–H and O–H groups in total. The Morgan fingerprint density at radius 3 is 2.71 bits per heavy atom. The summed E-state index contributed by atoms with van der Waals surface area (Å²) in [6.07, 6.45) is -3.26. The quantitative estimate of drug-likeness (QED) is 0.312. The number of nitrogens with one attached hydrogen (secondary N) is 2. The van der Waals surface area contributed by atoms with Crippen molar-refractivity contribution in [3.8, 4) is 0 Å². The molecule has 1 aromatic carbocycles. The van der Waals surface area contributed by atoms with Crippen LogP contribution in [0.1, 0.15) is 18.9 Å². The predicted molar refractivity (Wildman–Crippen MR) is 85.6 cm³/mol. The first-order chi connectivity index (χ1) is 11.4. The van der Waals surface area contributed by atoms with E-state index in [0.29, 0.717) is 38.4 Å². The summed E-state index contributed by atoms with van der Waals surface area (Å²) in [6, 6.07) is 6.37. The number of ether oxygens (including phenoxy) is 1. The van der Waals surface area contributed by atoms with E-state index in [1.54, 1.807) is 6.07 Å². The molecule has 136 valence electrons. The maximum atomic E-state index is 13.1. The van der Waals surface area contributed by atoms with Crippen molar-refractivity contribution in [3.63, 3.8) is 0 Å². The Bertz CT molecular complexity index is 506. The maximum absolute atomic E-state index is 13.1. The van der Waals surface area contributed by atoms with E-state index in [9.17, 15) is 17.6 Å². The van der Waals surface area contributed by atoms with Gasteiger partial charge in [0.05, 0.1) is 0 Å². The molecule has 4 nitrogen and oxygen atoms in total. The number of hydrogen-bond donors (Lipinski definition) is 2. The minimum Gasteiger partial charge on any atom is -0.372 e. The second-order valence-corrected chi connectivity index (χ2v) is 5.09. The lowest BCUT2D eigenvalue weighted by Gasteiger charge is -2.11. The standard InChI is InChI=1S/C16H23F4N3O/c1-2-21-15(22-8-4-10-24-12-16(18,19)20)23-9-7-13-5-3-6-14(17)11-13/h3,5-6,11H,2,4,7-10,12H2,1H3,(H2,21,22,23). The third-order valence-electron chi connectivity index (χ3n) is 2.92. The molecule has 0 unspecified atom stereocenters. The molecular formula is C16H23F4N3O. The lowest BCUT2D eigenvalue weighted by Crippen LogP contribution is -2.38. The zero-order valence-electron chi connectivity index (χ0n) is 13.6. The second kappa shape index (κ2) is 10.9. The van der Waals surface area contributed by atoms with Gasteiger partial charge in [0, 0.05) is 26.2 Å². The highest BCUT2D eigenvalue weighted by Crippen LogP contribution is 2.14. The zero-order chi connectivity index (χ0) is 17.8. The molecule has 0 aliphatic heterocycles. The lowest BCUT2D eigenvalue weighted by molar-refractivity contribution is -0.173. The van der Waals surface area contributed by atoms with E-state index in [4.69, 9.17) is 0 Å². The fraction of sp³-hybridized carbons (Fsp3) is 0.562. The van der Waals surface area contributed by atoms with E-state index in [1.807, 2.05) is 13.0 Å². The van der Waals surface area contributed by atoms with Crippen molar-refractivity contribution in [3.05, 3.63) is 35.6 Å². The Kier molecular flexibility index (Phi) is 9.14. The first-order valence-corrected chi connectivity index (χ1v) is 7.82. The zero-order valence-corrected chi connectivity index (χ0v) is 13.6. The van der Waals surface area contributed by atoms with Crippen molar-refractivity contribution in [2.45, 2.75) is 25.9 Å². The molecule has 0 saturated carbocycles. The molecule has 1 aromatic rings. The van der Waals surface area contributed by atoms with Gasteiger partial charge in [-0.3, -0.25) is 4.99 Å². The van der Waals surface area contributed by atoms with Gasteiger partial charge in [0.1, 0.15) is 12.4 Å². The van der Waals surface area contributed by atoms with Crippen molar-refractivity contribution < 1.29 is 22.3 Å². The van der Waals surface area contributed by atoms with Crippen LogP contribution >= 0.6 is 0 Å². The highest BCUT2D eigenvalue weighted by atomic mass is 19.4. The molecule has 0 spiro atoms. The third-order valence-corrected chi connectivity index (χ3v) is 2.92. The monoisotopic (exact) mass is 349 g/mol. The molecule has 0 atom stereocenters. The van der Waals surface area contributed by atoms with Crippen LogP contribution in [0.2, 0.25) is 0 Å². The summed E-state index contributed by atoms with van der Waals surface area (Å²) in [5.41, 5.74) is 0.874. The molecule has 0 fully saturated rings. The number of alkyl halides is 3. The molecule has 0 heterocycles. The first-order valence-electron chi connectivity index (χ1n) is 7.82. The molecule has 0 amide bonds. The summed E-state index contributed by atoms with van der Waals surface area (Å²) in [5.74, 6) is 0.302. The van der Waals surface area contributed by atoms with Crippen LogP contribution < -0.4 is 10.6 Å². The topological polar surface area (TPSA) is 45.7 Å². The van der Waals surface area contributed by atoms with Crippen molar-refractivity contribution >= 4 is 5.96 Å². The molecule has 8 heteroatoms. The first kappa shape index (κ1) is 20.2. The summed E-state index contributed by atoms with van der Waals surface area (Å²) in [7, 11) is 0. The van der Waals surface area contributed by atoms with Crippen molar-refractivity contribution in [1.82, 2.24) is 10.6 Å². The second-order valence-electron chi connectivity index (χ2n) is 5.09. The van der Waals surface area contributed by atoms with Crippen molar-refractivity contribution in [1.29, 1.82) is 0 Å². The summed E-state index contributed by atoms with van der Waals surface area (Å²) in [5, 5.41) is 6.14. The minimum atomic E-state index is -4.29. The Labute approximate surface area is 139 Å². The summed E-state index contributed by atoms with van der Waals surface area (Å²) in [4.78, 5) is 4.26. The lowest BCUT2D eigenvalue weighted by atomic mass is 10.1. The van der Waals surface area contributed by atoms with Crippen molar-refractivity contribution in [2.24, 2.45) is 4.99 Å². The van der Waals surface area contributed by atoms with Gasteiger partial charge in [0.15, 0.2) is 5.96 Å². The van der Waals surface area contributed by atoms with Crippen LogP contribution in [0.5, 0.6) is 0 Å². The largest absolute Gasteiger partial charge is 0.411 e. The number of nitrogens with zero attached hydrogens (tertiary/aromatic N) is 1. The molecular weight excluding hydrogens is 326 g/mol. The highest BCUT2D eigenvalue weighted by molar-refractivity contribution is 5.79. The Morgan fingerprint density at radius 2 is 2.04 bits per heavy atom. The number of rotatable bonds is 9. The fourth-order valence-corrected chi connectivity index (χ4v) is 1.90. The van der Waals surface area contributed by atoms with E-state index in [-0.39, 0.29) is 12.4 Å². The average molecular weight is 349 g/mol. The van der Waals surface area contributed by atoms with Gasteiger partial charge in [0.25, 0.3) is 0 Å². The molecule has 0 radical (unpaired) electrons. The van der Waals surface area contributed by atoms with Gasteiger partial charge in [-0.15, -0.1) is 0 Å². The maximum Gasteiger partial charge on any atom is 0.411 e. The smallest absolute Gasteiger partial charge is 0.372 e. The SMILES string of the molecule is CCNC(=NCCCOCC(F)(F)F)NCCc1cccc(F)c1. The Morgan fingerprint density at radius 1 is 1.25 bits per heavy atom. The minimum absolute atomic E-state index is 0.00566. The van der Waals surface area contributed by atoms with Crippen molar-refractivity contribution in [2.75, 3.05) is 32.8 Å². The van der Waals surface area contributed by atoms with Gasteiger partial charge in [-0.05, 0) is 37.5 Å². The van der Waals surface area contributed by atoms with Gasteiger partial charge in [0.2, 0.25) is 0 Å². The summed E-state index contributed by atoms with van der Waals surface area (Å²) >= 11 is 0. The molecule has 1 rings (SSSR count). The number of halogens is 4. The van der Waals surface area contributed by atoms with Gasteiger partial charge < -0.3 is 15.4 Å². The fourth-order valence-electron chi connectivity index (χ4n) is 1.90. The molecule has 0 aliphatic rings. The van der Waals surface area contributed by atoms with Crippen LogP contribution in [0, 0.1) is 5.82 Å². The van der Waals surface area contributed by atoms with E-state index in [0.717, 1.165) is 5.56 Å². The van der Waals surface area contributed by atoms with Gasteiger partial charge in [-0.25, -0.2) is 4.39 Å². The Balaban J connectivity index is 2.27. The van der Waals surface area contributed by atoms with Gasteiger partial charge in [-0.2, -0.15) is 13.2 Å². The Hall–Kier alpha value is -1.83. The van der Waals surface area contributed by atoms with Crippen LogP contribution in [0.4, 0.5) is 17.6 Å². The molecule has 0 bridgehead atoms. The van der Waals surface area contributed by atoms with E-state index >= 15 is 0 Å². The number of benzene rings is 1. The predicted octanol–water partition coefficient (Wildman–Crippen LogP) is 2.89. The van der Waals surface area contributed by atoms with E-state index in [1.165, 1.54) is 12.1 Å². The molecule has 0 aliphatic carbocycles. The molecule has 0 aromatic heterocycles. The summed E-state index contributed by atoms with van der Waals surface area (Å²) in [6.45, 7) is 2.27. The van der Waals surface area contributed by atoms with Crippen LogP contribution in [0.3, 0.4) is 0 Å². The van der Waals surface area contributed by atoms with E-state index < -0.39 is 12.8 Å². The average Bonchev–Trinajstić information content (AvgIpc) is 2.49. The highest BCUT2D eigenvalue weighted by Gasteiger charge is 2.27. The van der Waals surface area contributed by atoms with Gasteiger partial charge in [-0.1, -0.05) is 12.1 Å². The normalized spacial score (nSPS) is 12.3. The van der Waals surface area contributed by atoms with Gasteiger partial charge >= 0.3 is 6.18 Å². The summed E-state index contributed by atoms with van der Waals surface area (Å²) < 4.78 is 53.3. The molecule has 24 heavy (non-hydrogen) atoms. The third kappa shape index (κ3) is 10.0. The number of guanidine groups is 1. The van der Waals surface area contributed by atoms with Crippen LogP contribution in [-0.4, -0.2) is 45.0 Å². The van der Waals surface area contributed by atoms with Crippen LogP contribution in [0.15, 0.2) is 29.3 Å². The number of aliphatic imine (C=N–C) groups is 1.